The number of anilines is 1. The third kappa shape index (κ3) is 4.65. The zero-order valence-electron chi connectivity index (χ0n) is 15.2. The molecule has 0 atom stereocenters. The first-order valence-corrected chi connectivity index (χ1v) is 10.7. The minimum atomic E-state index is -3.84. The van der Waals surface area contributed by atoms with Gasteiger partial charge in [0.1, 0.15) is 0 Å². The van der Waals surface area contributed by atoms with E-state index in [0.717, 1.165) is 10.4 Å². The molecule has 0 aliphatic heterocycles. The molecule has 144 valence electrons. The summed E-state index contributed by atoms with van der Waals surface area (Å²) < 4.78 is 27.7. The predicted molar refractivity (Wildman–Crippen MR) is 110 cm³/mol. The molecule has 8 heteroatoms. The highest BCUT2D eigenvalue weighted by molar-refractivity contribution is 7.92. The van der Waals surface area contributed by atoms with E-state index in [9.17, 15) is 13.2 Å². The number of carbonyl (C=O) groups excluding carboxylic acids is 1. The first kappa shape index (κ1) is 19.8. The molecule has 1 N–H and O–H groups in total. The predicted octanol–water partition coefficient (Wildman–Crippen LogP) is 4.44. The van der Waals surface area contributed by atoms with Crippen molar-refractivity contribution in [2.75, 3.05) is 4.72 Å². The molecule has 0 aliphatic carbocycles. The Bertz CT molecular complexity index is 1100. The molecule has 2 aromatic carbocycles. The minimum absolute atomic E-state index is 0.0703. The molecule has 0 saturated carbocycles. The number of thiophene rings is 1. The van der Waals surface area contributed by atoms with Crippen LogP contribution in [0, 0.1) is 6.92 Å². The van der Waals surface area contributed by atoms with Crippen LogP contribution in [0.15, 0.2) is 76.1 Å². The van der Waals surface area contributed by atoms with Crippen LogP contribution in [0.3, 0.4) is 0 Å². The lowest BCUT2D eigenvalue weighted by molar-refractivity contribution is 0.0517. The number of rotatable bonds is 6. The van der Waals surface area contributed by atoms with E-state index in [0.29, 0.717) is 5.71 Å². The molecule has 0 radical (unpaired) electrons. The van der Waals surface area contributed by atoms with Crippen LogP contribution in [0.1, 0.15) is 27.7 Å². The molecule has 1 aromatic heterocycles. The second-order valence-electron chi connectivity index (χ2n) is 6.00. The van der Waals surface area contributed by atoms with Gasteiger partial charge in [0.2, 0.25) is 0 Å². The van der Waals surface area contributed by atoms with Gasteiger partial charge in [-0.25, -0.2) is 13.2 Å². The molecular formula is C20H18N2O4S2. The third-order valence-electron chi connectivity index (χ3n) is 3.87. The highest BCUT2D eigenvalue weighted by Crippen LogP contribution is 2.21. The number of carbonyl (C=O) groups is 1. The summed E-state index contributed by atoms with van der Waals surface area (Å²) in [6.45, 7) is 3.60. The van der Waals surface area contributed by atoms with Gasteiger partial charge in [0, 0.05) is 0 Å². The number of para-hydroxylation sites is 1. The van der Waals surface area contributed by atoms with Crippen LogP contribution in [0.5, 0.6) is 0 Å². The Morgan fingerprint density at radius 3 is 2.43 bits per heavy atom. The third-order valence-corrected chi connectivity index (χ3v) is 6.23. The van der Waals surface area contributed by atoms with E-state index >= 15 is 0 Å². The summed E-state index contributed by atoms with van der Waals surface area (Å²) >= 11 is 1.47. The van der Waals surface area contributed by atoms with Gasteiger partial charge in [-0.2, -0.15) is 0 Å². The Labute approximate surface area is 167 Å². The number of benzene rings is 2. The van der Waals surface area contributed by atoms with Crippen LogP contribution in [0.25, 0.3) is 0 Å². The van der Waals surface area contributed by atoms with Gasteiger partial charge >= 0.3 is 5.97 Å². The average molecular weight is 415 g/mol. The summed E-state index contributed by atoms with van der Waals surface area (Å²) in [7, 11) is -3.84. The minimum Gasteiger partial charge on any atom is -0.312 e. The van der Waals surface area contributed by atoms with Crippen LogP contribution >= 0.6 is 11.3 Å². The Morgan fingerprint density at radius 1 is 1.04 bits per heavy atom. The fourth-order valence-corrected chi connectivity index (χ4v) is 4.11. The van der Waals surface area contributed by atoms with E-state index in [4.69, 9.17) is 4.84 Å². The molecule has 6 nitrogen and oxygen atoms in total. The highest BCUT2D eigenvalue weighted by atomic mass is 32.2. The molecule has 3 aromatic rings. The maximum atomic E-state index is 12.6. The number of sulfonamides is 1. The molecular weight excluding hydrogens is 396 g/mol. The maximum absolute atomic E-state index is 12.6. The fraction of sp³-hybridized carbons (Fsp3) is 0.100. The van der Waals surface area contributed by atoms with Crippen molar-refractivity contribution in [2.45, 2.75) is 18.7 Å². The molecule has 0 spiro atoms. The number of hydrogen-bond donors (Lipinski definition) is 1. The topological polar surface area (TPSA) is 84.8 Å². The van der Waals surface area contributed by atoms with Gasteiger partial charge in [-0.05, 0) is 49.6 Å². The van der Waals surface area contributed by atoms with Crippen molar-refractivity contribution in [1.29, 1.82) is 0 Å². The molecule has 1 heterocycles. The summed E-state index contributed by atoms with van der Waals surface area (Å²) in [6, 6.07) is 16.4. The normalized spacial score (nSPS) is 11.9. The second-order valence-corrected chi connectivity index (χ2v) is 8.63. The lowest BCUT2D eigenvalue weighted by atomic mass is 10.2. The van der Waals surface area contributed by atoms with Gasteiger partial charge < -0.3 is 4.84 Å². The molecule has 0 aliphatic rings. The first-order chi connectivity index (χ1) is 13.4. The van der Waals surface area contributed by atoms with Gasteiger partial charge in [-0.15, -0.1) is 11.3 Å². The maximum Gasteiger partial charge on any atom is 0.367 e. The lowest BCUT2D eigenvalue weighted by Crippen LogP contribution is -2.16. The van der Waals surface area contributed by atoms with E-state index in [2.05, 4.69) is 9.88 Å². The molecule has 0 amide bonds. The SMILES string of the molecule is CC(=NOC(=O)c1ccccc1NS(=O)(=O)c1ccc(C)cc1)c1cccs1. The zero-order chi connectivity index (χ0) is 20.1. The highest BCUT2D eigenvalue weighted by Gasteiger charge is 2.19. The van der Waals surface area contributed by atoms with Crippen molar-refractivity contribution in [1.82, 2.24) is 0 Å². The molecule has 28 heavy (non-hydrogen) atoms. The van der Waals surface area contributed by atoms with Crippen molar-refractivity contribution >= 4 is 38.7 Å². The Balaban J connectivity index is 1.82. The van der Waals surface area contributed by atoms with Crippen molar-refractivity contribution in [3.8, 4) is 0 Å². The average Bonchev–Trinajstić information content (AvgIpc) is 3.21. The fourth-order valence-electron chi connectivity index (χ4n) is 2.36. The summed E-state index contributed by atoms with van der Waals surface area (Å²) in [5.41, 5.74) is 1.70. The number of aryl methyl sites for hydroxylation is 1. The van der Waals surface area contributed by atoms with Crippen LogP contribution < -0.4 is 4.72 Å². The Kier molecular flexibility index (Phi) is 5.91. The van der Waals surface area contributed by atoms with E-state index in [1.165, 1.54) is 35.6 Å². The van der Waals surface area contributed by atoms with Crippen LogP contribution in [0.4, 0.5) is 5.69 Å². The van der Waals surface area contributed by atoms with Crippen LogP contribution in [0.2, 0.25) is 0 Å². The smallest absolute Gasteiger partial charge is 0.312 e. The number of nitrogens with zero attached hydrogens (tertiary/aromatic N) is 1. The largest absolute Gasteiger partial charge is 0.367 e. The van der Waals surface area contributed by atoms with E-state index < -0.39 is 16.0 Å². The van der Waals surface area contributed by atoms with Crippen molar-refractivity contribution in [2.24, 2.45) is 5.16 Å². The van der Waals surface area contributed by atoms with Crippen molar-refractivity contribution < 1.29 is 18.0 Å². The van der Waals surface area contributed by atoms with Gasteiger partial charge in [0.05, 0.1) is 26.7 Å². The second kappa shape index (κ2) is 8.37. The van der Waals surface area contributed by atoms with Crippen LogP contribution in [-0.2, 0) is 14.9 Å². The van der Waals surface area contributed by atoms with E-state index in [-0.39, 0.29) is 16.1 Å². The monoisotopic (exact) mass is 414 g/mol. The Hall–Kier alpha value is -2.97. The lowest BCUT2D eigenvalue weighted by Gasteiger charge is -2.11. The number of nitrogens with one attached hydrogen (secondary N) is 1. The van der Waals surface area contributed by atoms with Gasteiger partial charge in [0.25, 0.3) is 10.0 Å². The molecule has 0 fully saturated rings. The van der Waals surface area contributed by atoms with Crippen molar-refractivity contribution in [3.05, 3.63) is 82.0 Å². The molecule has 0 unspecified atom stereocenters. The van der Waals surface area contributed by atoms with Crippen molar-refractivity contribution in [3.63, 3.8) is 0 Å². The number of hydrogen-bond acceptors (Lipinski definition) is 6. The summed E-state index contributed by atoms with van der Waals surface area (Å²) in [5, 5.41) is 5.74. The summed E-state index contributed by atoms with van der Waals surface area (Å²) in [4.78, 5) is 18.4. The standard InChI is InChI=1S/C20H18N2O4S2/c1-14-9-11-16(12-10-14)28(24,25)22-18-7-4-3-6-17(18)20(23)26-21-15(2)19-8-5-13-27-19/h3-13,22H,1-2H3. The summed E-state index contributed by atoms with van der Waals surface area (Å²) in [5.74, 6) is -0.752. The van der Waals surface area contributed by atoms with Gasteiger partial charge in [-0.3, -0.25) is 4.72 Å². The number of oxime groups is 1. The van der Waals surface area contributed by atoms with Gasteiger partial charge in [-0.1, -0.05) is 41.1 Å². The first-order valence-electron chi connectivity index (χ1n) is 8.35. The van der Waals surface area contributed by atoms with Gasteiger partial charge in [0.15, 0.2) is 0 Å². The quantitative estimate of drug-likeness (QED) is 0.367. The molecule has 3 rings (SSSR count). The Morgan fingerprint density at radius 2 is 1.75 bits per heavy atom. The summed E-state index contributed by atoms with van der Waals surface area (Å²) in [6.07, 6.45) is 0. The van der Waals surface area contributed by atoms with E-state index in [1.807, 2.05) is 24.4 Å². The van der Waals surface area contributed by atoms with Crippen LogP contribution in [-0.4, -0.2) is 20.1 Å². The zero-order valence-corrected chi connectivity index (χ0v) is 16.9. The molecule has 0 bridgehead atoms. The molecule has 0 saturated heterocycles. The van der Waals surface area contributed by atoms with E-state index in [1.54, 1.807) is 31.2 Å².